The molecule has 0 atom stereocenters. The van der Waals surface area contributed by atoms with E-state index >= 15 is 0 Å². The maximum Gasteiger partial charge on any atom is 2.00 e. The van der Waals surface area contributed by atoms with Crippen molar-refractivity contribution in [1.29, 1.82) is 0 Å². The van der Waals surface area contributed by atoms with Crippen molar-refractivity contribution >= 4 is 37.7 Å². The van der Waals surface area contributed by atoms with Gasteiger partial charge in [0.05, 0.1) is 0 Å². The standard InChI is InChI=1S/2BH3O3.Mg.2H/c2*2-1(3)4;;;/h2*2-4H;;;/q;;+2;2*-1. The Morgan fingerprint density at radius 1 is 0.667 bits per heavy atom. The van der Waals surface area contributed by atoms with Gasteiger partial charge in [0.1, 0.15) is 0 Å². The van der Waals surface area contributed by atoms with E-state index in [-0.39, 0.29) is 25.9 Å². The van der Waals surface area contributed by atoms with E-state index in [0.29, 0.717) is 0 Å². The van der Waals surface area contributed by atoms with Gasteiger partial charge in [-0.2, -0.15) is 0 Å². The zero-order valence-electron chi connectivity index (χ0n) is 6.55. The van der Waals surface area contributed by atoms with Gasteiger partial charge < -0.3 is 33.0 Å². The first-order chi connectivity index (χ1) is 3.46. The summed E-state index contributed by atoms with van der Waals surface area (Å²) in [6.45, 7) is 0. The maximum atomic E-state index is 7.17. The first-order valence-electron chi connectivity index (χ1n) is 1.55. The second kappa shape index (κ2) is 11.5. The van der Waals surface area contributed by atoms with Gasteiger partial charge in [-0.1, -0.05) is 0 Å². The zero-order valence-corrected chi connectivity index (χ0v) is 5.96. The van der Waals surface area contributed by atoms with E-state index in [1.807, 2.05) is 0 Å². The van der Waals surface area contributed by atoms with Crippen LogP contribution in [0.3, 0.4) is 0 Å². The third-order valence-corrected chi connectivity index (χ3v) is 0. The molecule has 52 valence electrons. The second-order valence-corrected chi connectivity index (χ2v) is 0.693. The third kappa shape index (κ3) is 891. The van der Waals surface area contributed by atoms with E-state index in [0.717, 1.165) is 0 Å². The molecule has 9 heteroatoms. The van der Waals surface area contributed by atoms with Crippen molar-refractivity contribution in [3.05, 3.63) is 0 Å². The van der Waals surface area contributed by atoms with Crippen LogP contribution in [-0.2, 0) is 0 Å². The average Bonchev–Trinajstić information content (AvgIpc) is 1.25. The molecule has 0 heterocycles. The van der Waals surface area contributed by atoms with Crippen LogP contribution in [0, 0.1) is 0 Å². The molecule has 6 N–H and O–H groups in total. The zero-order chi connectivity index (χ0) is 7.15. The quantitative estimate of drug-likeness (QED) is 0.194. The van der Waals surface area contributed by atoms with Crippen LogP contribution < -0.4 is 0 Å². The predicted octanol–water partition coefficient (Wildman–Crippen LogP) is -4.26. The molecule has 0 aromatic carbocycles. The fourth-order valence-electron chi connectivity index (χ4n) is 0. The molecule has 0 bridgehead atoms. The molecule has 0 aliphatic rings. The smallest absolute Gasteiger partial charge is 1.00 e. The van der Waals surface area contributed by atoms with E-state index in [4.69, 9.17) is 30.1 Å². The molecule has 0 amide bonds. The van der Waals surface area contributed by atoms with Gasteiger partial charge in [0.15, 0.2) is 0 Å². The van der Waals surface area contributed by atoms with Crippen molar-refractivity contribution in [2.75, 3.05) is 0 Å². The van der Waals surface area contributed by atoms with Gasteiger partial charge in [-0.15, -0.1) is 0 Å². The van der Waals surface area contributed by atoms with Gasteiger partial charge in [0.25, 0.3) is 0 Å². The summed E-state index contributed by atoms with van der Waals surface area (Å²) < 4.78 is 0. The summed E-state index contributed by atoms with van der Waals surface area (Å²) >= 11 is 0. The summed E-state index contributed by atoms with van der Waals surface area (Å²) in [5.41, 5.74) is 0. The van der Waals surface area contributed by atoms with E-state index < -0.39 is 14.6 Å². The SMILES string of the molecule is OB(O)O.OB(O)O.[H-].[H-].[Mg+2]. The Bertz CT molecular complexity index is 34.1. The molecule has 0 aliphatic carbocycles. The number of hydrogen-bond acceptors (Lipinski definition) is 6. The second-order valence-electron chi connectivity index (χ2n) is 0.693. The fraction of sp³-hybridized carbons (Fsp3) is 0. The van der Waals surface area contributed by atoms with Crippen LogP contribution in [0.5, 0.6) is 0 Å². The van der Waals surface area contributed by atoms with E-state index in [9.17, 15) is 0 Å². The Morgan fingerprint density at radius 2 is 0.667 bits per heavy atom. The molecule has 0 rings (SSSR count). The van der Waals surface area contributed by atoms with Crippen molar-refractivity contribution in [2.24, 2.45) is 0 Å². The average molecular weight is 150 g/mol. The molecule has 0 aliphatic heterocycles. The molecule has 0 fully saturated rings. The predicted molar refractivity (Wildman–Crippen MR) is 32.8 cm³/mol. The largest absolute Gasteiger partial charge is 2.00 e. The van der Waals surface area contributed by atoms with Crippen molar-refractivity contribution in [1.82, 2.24) is 0 Å². The van der Waals surface area contributed by atoms with Crippen LogP contribution in [-0.4, -0.2) is 67.8 Å². The molecule has 0 saturated heterocycles. The molecule has 0 spiro atoms. The molecular formula is H8B2MgO6. The van der Waals surface area contributed by atoms with E-state index in [1.54, 1.807) is 0 Å². The van der Waals surface area contributed by atoms with Gasteiger partial charge >= 0.3 is 37.7 Å². The Morgan fingerprint density at radius 3 is 0.667 bits per heavy atom. The summed E-state index contributed by atoms with van der Waals surface area (Å²) in [5.74, 6) is 0. The van der Waals surface area contributed by atoms with Crippen molar-refractivity contribution < 1.29 is 33.0 Å². The minimum absolute atomic E-state index is 0. The first-order valence-corrected chi connectivity index (χ1v) is 1.55. The summed E-state index contributed by atoms with van der Waals surface area (Å²) in [4.78, 5) is 0. The molecule has 0 radical (unpaired) electrons. The monoisotopic (exact) mass is 150 g/mol. The van der Waals surface area contributed by atoms with Crippen LogP contribution in [0.25, 0.3) is 0 Å². The third-order valence-electron chi connectivity index (χ3n) is 0. The summed E-state index contributed by atoms with van der Waals surface area (Å²) in [6.07, 6.45) is 0. The summed E-state index contributed by atoms with van der Waals surface area (Å²) in [7, 11) is -4.33. The van der Waals surface area contributed by atoms with Gasteiger partial charge in [0.2, 0.25) is 0 Å². The molecule has 6 nitrogen and oxygen atoms in total. The van der Waals surface area contributed by atoms with Crippen LogP contribution in [0.15, 0.2) is 0 Å². The fourth-order valence-corrected chi connectivity index (χ4v) is 0. The Hall–Kier alpha value is 0.656. The molecule has 0 unspecified atom stereocenters. The Balaban J connectivity index is -0.0000000171. The van der Waals surface area contributed by atoms with Crippen LogP contribution >= 0.6 is 0 Å². The summed E-state index contributed by atoms with van der Waals surface area (Å²) in [5, 5.41) is 43.0. The van der Waals surface area contributed by atoms with Gasteiger partial charge in [-0.3, -0.25) is 0 Å². The topological polar surface area (TPSA) is 121 Å². The molecule has 9 heavy (non-hydrogen) atoms. The van der Waals surface area contributed by atoms with Gasteiger partial charge in [-0.05, 0) is 0 Å². The molecular weight excluding hydrogens is 142 g/mol. The Kier molecular flexibility index (Phi) is 20.8. The maximum absolute atomic E-state index is 7.17. The molecule has 0 saturated carbocycles. The number of rotatable bonds is 0. The van der Waals surface area contributed by atoms with Crippen LogP contribution in [0.2, 0.25) is 0 Å². The summed E-state index contributed by atoms with van der Waals surface area (Å²) in [6, 6.07) is 0. The van der Waals surface area contributed by atoms with Crippen molar-refractivity contribution in [3.63, 3.8) is 0 Å². The van der Waals surface area contributed by atoms with Crippen molar-refractivity contribution in [2.45, 2.75) is 0 Å². The minimum Gasteiger partial charge on any atom is -1.00 e. The molecule has 0 aromatic rings. The first kappa shape index (κ1) is 16.3. The van der Waals surface area contributed by atoms with Gasteiger partial charge in [0, 0.05) is 0 Å². The molecule has 0 aromatic heterocycles. The minimum atomic E-state index is -2.17. The van der Waals surface area contributed by atoms with Gasteiger partial charge in [-0.25, -0.2) is 0 Å². The van der Waals surface area contributed by atoms with Crippen LogP contribution in [0.4, 0.5) is 0 Å². The normalized spacial score (nSPS) is 6.00. The van der Waals surface area contributed by atoms with E-state index in [2.05, 4.69) is 0 Å². The van der Waals surface area contributed by atoms with Crippen LogP contribution in [0.1, 0.15) is 2.85 Å². The van der Waals surface area contributed by atoms with Crippen molar-refractivity contribution in [3.8, 4) is 0 Å². The van der Waals surface area contributed by atoms with E-state index in [1.165, 1.54) is 0 Å². The number of hydrogen-bond donors (Lipinski definition) is 6. The Labute approximate surface area is 71.2 Å².